The van der Waals surface area contributed by atoms with Gasteiger partial charge in [0.05, 0.1) is 33.5 Å². The van der Waals surface area contributed by atoms with Gasteiger partial charge in [-0.05, 0) is 58.0 Å². The second kappa shape index (κ2) is 11.5. The number of nitrogen functional groups attached to an aromatic ring is 1. The zero-order chi connectivity index (χ0) is 31.3. The van der Waals surface area contributed by atoms with Gasteiger partial charge in [-0.25, -0.2) is 8.78 Å². The molecule has 0 unspecified atom stereocenters. The number of aromatic nitrogens is 2. The molecule has 2 aromatic heterocycles. The quantitative estimate of drug-likeness (QED) is 0.248. The van der Waals surface area contributed by atoms with Gasteiger partial charge in [-0.3, -0.25) is 9.89 Å². The van der Waals surface area contributed by atoms with Gasteiger partial charge in [0.1, 0.15) is 34.8 Å². The number of aliphatic imine (C=N–C) groups is 1. The molecule has 2 aliphatic rings. The van der Waals surface area contributed by atoms with Gasteiger partial charge in [0.15, 0.2) is 5.82 Å². The normalized spacial score (nSPS) is 19.2. The van der Waals surface area contributed by atoms with Crippen molar-refractivity contribution in [2.75, 3.05) is 44.4 Å². The summed E-state index contributed by atoms with van der Waals surface area (Å²) < 4.78 is 38.0. The zero-order valence-electron chi connectivity index (χ0n) is 24.7. The van der Waals surface area contributed by atoms with E-state index in [2.05, 4.69) is 33.7 Å². The molecule has 228 valence electrons. The second-order valence-corrected chi connectivity index (χ2v) is 12.9. The van der Waals surface area contributed by atoms with Crippen molar-refractivity contribution >= 4 is 61.0 Å². The van der Waals surface area contributed by atoms with Gasteiger partial charge in [-0.15, -0.1) is 11.3 Å². The van der Waals surface area contributed by atoms with Crippen LogP contribution >= 0.6 is 22.9 Å². The number of hydrogen-bond donors (Lipinski definition) is 1. The lowest BCUT2D eigenvalue weighted by Crippen LogP contribution is -2.44. The molecule has 4 aromatic rings. The van der Waals surface area contributed by atoms with E-state index in [1.54, 1.807) is 18.5 Å². The third kappa shape index (κ3) is 4.99. The van der Waals surface area contributed by atoms with E-state index in [9.17, 15) is 9.65 Å². The highest BCUT2D eigenvalue weighted by molar-refractivity contribution is 7.23. The Kier molecular flexibility index (Phi) is 7.82. The van der Waals surface area contributed by atoms with Gasteiger partial charge in [0.2, 0.25) is 0 Å². The van der Waals surface area contributed by atoms with Crippen LogP contribution in [0.15, 0.2) is 35.6 Å². The molecule has 2 N–H and O–H groups in total. The molecule has 2 aromatic carbocycles. The SMILES string of the molecule is C[C@H](N1C=CN=CC1)N(C)c1nc(OC[C@]2(C)CCCN2C)nc2c(F)c(-c3ccc(F)c4sc(N)c(C#N)c34)c(Cl)cc12. The predicted octanol–water partition coefficient (Wildman–Crippen LogP) is 6.40. The van der Waals surface area contributed by atoms with Gasteiger partial charge in [0.25, 0.3) is 0 Å². The first kappa shape index (κ1) is 30.0. The lowest BCUT2D eigenvalue weighted by atomic mass is 9.97. The minimum Gasteiger partial charge on any atom is -0.461 e. The molecular weight excluding hydrogens is 606 g/mol. The summed E-state index contributed by atoms with van der Waals surface area (Å²) >= 11 is 7.75. The van der Waals surface area contributed by atoms with Crippen molar-refractivity contribution in [3.05, 3.63) is 52.8 Å². The summed E-state index contributed by atoms with van der Waals surface area (Å²) in [5, 5.41) is 10.6. The van der Waals surface area contributed by atoms with Crippen molar-refractivity contribution in [1.82, 2.24) is 19.8 Å². The maximum atomic E-state index is 16.8. The Hall–Kier alpha value is -4.05. The molecular formula is C31H31ClF2N8OS. The molecule has 0 aliphatic carbocycles. The predicted molar refractivity (Wildman–Crippen MR) is 172 cm³/mol. The number of fused-ring (bicyclic) bond motifs is 2. The number of thiophene rings is 1. The van der Waals surface area contributed by atoms with Crippen molar-refractivity contribution in [3.63, 3.8) is 0 Å². The Bertz CT molecular complexity index is 1890. The Balaban J connectivity index is 1.54. The zero-order valence-corrected chi connectivity index (χ0v) is 26.3. The molecule has 2 atom stereocenters. The maximum absolute atomic E-state index is 16.8. The standard InChI is InChI=1S/C31H31ClF2N8OS/c1-17(42-12-9-37-10-13-42)41(4)29-19-14-21(32)24(18-6-7-22(33)27-23(18)20(15-35)28(36)44-27)25(34)26(19)38-30(39-29)43-16-31(2)8-5-11-40(31)3/h6-7,9-10,12,14,17H,5,8,11,13,16,36H2,1-4H3/t17-,31-/m0/s1. The summed E-state index contributed by atoms with van der Waals surface area (Å²) in [5.41, 5.74) is 6.14. The number of benzene rings is 2. The van der Waals surface area contributed by atoms with Crippen molar-refractivity contribution in [3.8, 4) is 23.2 Å². The second-order valence-electron chi connectivity index (χ2n) is 11.4. The smallest absolute Gasteiger partial charge is 0.319 e. The topological polar surface area (TPSA) is 107 Å². The molecule has 9 nitrogen and oxygen atoms in total. The van der Waals surface area contributed by atoms with Crippen LogP contribution in [0.1, 0.15) is 32.3 Å². The van der Waals surface area contributed by atoms with Crippen LogP contribution < -0.4 is 15.4 Å². The van der Waals surface area contributed by atoms with E-state index in [1.807, 2.05) is 31.1 Å². The van der Waals surface area contributed by atoms with Crippen LogP contribution in [0.3, 0.4) is 0 Å². The summed E-state index contributed by atoms with van der Waals surface area (Å²) in [6.45, 7) is 5.98. The largest absolute Gasteiger partial charge is 0.461 e. The first-order chi connectivity index (χ1) is 21.0. The highest BCUT2D eigenvalue weighted by atomic mass is 35.5. The Labute approximate surface area is 262 Å². The minimum atomic E-state index is -0.738. The van der Waals surface area contributed by atoms with Crippen LogP contribution in [-0.4, -0.2) is 71.5 Å². The van der Waals surface area contributed by atoms with Gasteiger partial charge >= 0.3 is 6.01 Å². The number of anilines is 2. The van der Waals surface area contributed by atoms with Gasteiger partial charge in [-0.1, -0.05) is 17.7 Å². The van der Waals surface area contributed by atoms with E-state index in [0.717, 1.165) is 30.7 Å². The minimum absolute atomic E-state index is 0.0108. The van der Waals surface area contributed by atoms with Crippen LogP contribution in [-0.2, 0) is 0 Å². The summed E-state index contributed by atoms with van der Waals surface area (Å²) in [4.78, 5) is 19.7. The Morgan fingerprint density at radius 1 is 1.32 bits per heavy atom. The number of nitrogens with two attached hydrogens (primary N) is 1. The highest BCUT2D eigenvalue weighted by Gasteiger charge is 2.35. The summed E-state index contributed by atoms with van der Waals surface area (Å²) in [7, 11) is 3.91. The number of likely N-dealkylation sites (N-methyl/N-ethyl adjacent to an activating group) is 1. The molecule has 0 saturated carbocycles. The third-order valence-electron chi connectivity index (χ3n) is 8.80. The number of ether oxygens (including phenoxy) is 1. The lowest BCUT2D eigenvalue weighted by molar-refractivity contribution is 0.108. The number of halogens is 3. The van der Waals surface area contributed by atoms with E-state index < -0.39 is 11.6 Å². The van der Waals surface area contributed by atoms with Gasteiger partial charge in [-0.2, -0.15) is 15.2 Å². The van der Waals surface area contributed by atoms with E-state index in [-0.39, 0.29) is 60.0 Å². The lowest BCUT2D eigenvalue weighted by Gasteiger charge is -2.36. The average Bonchev–Trinajstić information content (AvgIpc) is 3.54. The average molecular weight is 637 g/mol. The molecule has 4 heterocycles. The molecule has 1 fully saturated rings. The van der Waals surface area contributed by atoms with E-state index in [0.29, 0.717) is 24.4 Å². The van der Waals surface area contributed by atoms with E-state index in [4.69, 9.17) is 27.1 Å². The van der Waals surface area contributed by atoms with Crippen molar-refractivity contribution in [2.24, 2.45) is 4.99 Å². The first-order valence-corrected chi connectivity index (χ1v) is 15.3. The first-order valence-electron chi connectivity index (χ1n) is 14.2. The van der Waals surface area contributed by atoms with Crippen molar-refractivity contribution in [1.29, 1.82) is 5.26 Å². The number of rotatable bonds is 7. The molecule has 1 saturated heterocycles. The van der Waals surface area contributed by atoms with E-state index in [1.165, 1.54) is 12.1 Å². The molecule has 0 spiro atoms. The summed E-state index contributed by atoms with van der Waals surface area (Å²) in [5.74, 6) is -0.873. The molecule has 44 heavy (non-hydrogen) atoms. The van der Waals surface area contributed by atoms with Gasteiger partial charge in [0, 0.05) is 42.0 Å². The third-order valence-corrected chi connectivity index (χ3v) is 10.1. The summed E-state index contributed by atoms with van der Waals surface area (Å²) in [6, 6.07) is 6.30. The molecule has 0 radical (unpaired) electrons. The monoisotopic (exact) mass is 636 g/mol. The van der Waals surface area contributed by atoms with Crippen molar-refractivity contribution < 1.29 is 13.5 Å². The number of nitriles is 1. The van der Waals surface area contributed by atoms with Crippen LogP contribution in [0.25, 0.3) is 32.1 Å². The molecule has 13 heteroatoms. The summed E-state index contributed by atoms with van der Waals surface area (Å²) in [6.07, 6.45) is 7.18. The Morgan fingerprint density at radius 3 is 2.80 bits per heavy atom. The van der Waals surface area contributed by atoms with Crippen molar-refractivity contribution in [2.45, 2.75) is 38.4 Å². The molecule has 6 rings (SSSR count). The van der Waals surface area contributed by atoms with E-state index >= 15 is 4.39 Å². The highest BCUT2D eigenvalue weighted by Crippen LogP contribution is 2.45. The van der Waals surface area contributed by atoms with Crippen LogP contribution in [0, 0.1) is 23.0 Å². The molecule has 0 amide bonds. The van der Waals surface area contributed by atoms with Gasteiger partial charge < -0.3 is 20.3 Å². The number of nitrogens with zero attached hydrogens (tertiary/aromatic N) is 7. The van der Waals surface area contributed by atoms with Crippen LogP contribution in [0.4, 0.5) is 19.6 Å². The fourth-order valence-corrected chi connectivity index (χ4v) is 7.12. The fraction of sp³-hybridized carbons (Fsp3) is 0.355. The van der Waals surface area contributed by atoms with Crippen LogP contribution in [0.2, 0.25) is 5.02 Å². The molecule has 0 bridgehead atoms. The maximum Gasteiger partial charge on any atom is 0.319 e. The fourth-order valence-electron chi connectivity index (χ4n) is 5.87. The Morgan fingerprint density at radius 2 is 2.11 bits per heavy atom. The number of hydrogen-bond acceptors (Lipinski definition) is 10. The molecule has 2 aliphatic heterocycles. The van der Waals surface area contributed by atoms with Crippen LogP contribution in [0.5, 0.6) is 6.01 Å². The number of likely N-dealkylation sites (tertiary alicyclic amines) is 1.